The van der Waals surface area contributed by atoms with E-state index in [1.54, 1.807) is 11.6 Å². The number of aryl methyl sites for hydroxylation is 2. The van der Waals surface area contributed by atoms with E-state index in [4.69, 9.17) is 0 Å². The van der Waals surface area contributed by atoms with Crippen LogP contribution in [-0.4, -0.2) is 49.7 Å². The molecule has 2 aromatic heterocycles. The lowest BCUT2D eigenvalue weighted by Gasteiger charge is -2.32. The number of carboxylic acid groups (broad SMARTS) is 1. The van der Waals surface area contributed by atoms with Crippen LogP contribution in [-0.2, 0) is 0 Å². The summed E-state index contributed by atoms with van der Waals surface area (Å²) in [6.45, 7) is 7.13. The first-order valence-corrected chi connectivity index (χ1v) is 9.52. The van der Waals surface area contributed by atoms with Crippen molar-refractivity contribution in [3.8, 4) is 0 Å². The number of hydrogen-bond acceptors (Lipinski definition) is 3. The van der Waals surface area contributed by atoms with Crippen molar-refractivity contribution in [1.29, 1.82) is 0 Å². The zero-order valence-electron chi connectivity index (χ0n) is 16.3. The molecular formula is C21H24N4O3. The first-order valence-electron chi connectivity index (χ1n) is 9.52. The molecule has 1 aliphatic heterocycles. The third-order valence-electron chi connectivity index (χ3n) is 5.69. The van der Waals surface area contributed by atoms with Crippen molar-refractivity contribution in [2.24, 2.45) is 0 Å². The molecule has 1 amide bonds. The zero-order valence-corrected chi connectivity index (χ0v) is 16.3. The van der Waals surface area contributed by atoms with Crippen LogP contribution in [0.1, 0.15) is 56.6 Å². The Balaban J connectivity index is 1.49. The molecule has 0 spiro atoms. The molecule has 146 valence electrons. The molecule has 0 unspecified atom stereocenters. The number of amides is 1. The molecule has 0 saturated carbocycles. The second-order valence-electron chi connectivity index (χ2n) is 7.64. The van der Waals surface area contributed by atoms with E-state index in [0.29, 0.717) is 24.5 Å². The smallest absolute Gasteiger partial charge is 0.339 e. The summed E-state index contributed by atoms with van der Waals surface area (Å²) in [6, 6.07) is 6.24. The minimum Gasteiger partial charge on any atom is -0.478 e. The monoisotopic (exact) mass is 380 g/mol. The van der Waals surface area contributed by atoms with Crippen molar-refractivity contribution in [2.75, 3.05) is 13.1 Å². The van der Waals surface area contributed by atoms with Gasteiger partial charge < -0.3 is 15.0 Å². The normalized spacial score (nSPS) is 15.3. The van der Waals surface area contributed by atoms with Crippen LogP contribution in [0.2, 0.25) is 0 Å². The highest BCUT2D eigenvalue weighted by atomic mass is 16.4. The van der Waals surface area contributed by atoms with Crippen LogP contribution < -0.4 is 0 Å². The Morgan fingerprint density at radius 3 is 2.50 bits per heavy atom. The van der Waals surface area contributed by atoms with Crippen molar-refractivity contribution in [1.82, 2.24) is 19.7 Å². The van der Waals surface area contributed by atoms with Crippen molar-refractivity contribution >= 4 is 22.8 Å². The summed E-state index contributed by atoms with van der Waals surface area (Å²) in [5.74, 6) is -0.948. The quantitative estimate of drug-likeness (QED) is 0.728. The number of benzene rings is 1. The van der Waals surface area contributed by atoms with E-state index < -0.39 is 5.97 Å². The van der Waals surface area contributed by atoms with Crippen LogP contribution in [0.4, 0.5) is 0 Å². The molecule has 3 aromatic rings. The van der Waals surface area contributed by atoms with Gasteiger partial charge in [-0.05, 0) is 56.9 Å². The topological polar surface area (TPSA) is 91.2 Å². The molecule has 1 saturated heterocycles. The van der Waals surface area contributed by atoms with E-state index in [2.05, 4.69) is 29.1 Å². The molecule has 2 N–H and O–H groups in total. The van der Waals surface area contributed by atoms with Crippen LogP contribution in [0.5, 0.6) is 0 Å². The standard InChI is InChI=1S/C21H24N4O3/c1-12-8-13(2)16-10-19(23-18(16)9-12)20(26)24-6-4-15(5-7-24)25-14(3)17(11-22-25)21(27)28/h8-11,15,23H,4-7H2,1-3H3,(H,27,28). The highest BCUT2D eigenvalue weighted by Gasteiger charge is 2.27. The fraction of sp³-hybridized carbons (Fsp3) is 0.381. The number of aromatic nitrogens is 3. The Morgan fingerprint density at radius 2 is 1.86 bits per heavy atom. The maximum Gasteiger partial charge on any atom is 0.339 e. The maximum atomic E-state index is 13.0. The Hall–Kier alpha value is -3.09. The molecule has 0 atom stereocenters. The second kappa shape index (κ2) is 6.82. The number of carbonyl (C=O) groups excluding carboxylic acids is 1. The minimum atomic E-state index is -0.958. The number of likely N-dealkylation sites (tertiary alicyclic amines) is 1. The van der Waals surface area contributed by atoms with Crippen LogP contribution >= 0.6 is 0 Å². The molecule has 0 radical (unpaired) electrons. The molecule has 1 fully saturated rings. The van der Waals surface area contributed by atoms with Gasteiger partial charge in [0.2, 0.25) is 0 Å². The third-order valence-corrected chi connectivity index (χ3v) is 5.69. The van der Waals surface area contributed by atoms with E-state index in [1.807, 2.05) is 17.9 Å². The maximum absolute atomic E-state index is 13.0. The van der Waals surface area contributed by atoms with Gasteiger partial charge in [-0.3, -0.25) is 9.48 Å². The summed E-state index contributed by atoms with van der Waals surface area (Å²) in [5.41, 5.74) is 4.84. The molecule has 1 aromatic carbocycles. The predicted octanol–water partition coefficient (Wildman–Crippen LogP) is 3.47. The van der Waals surface area contributed by atoms with Gasteiger partial charge in [0.25, 0.3) is 5.91 Å². The fourth-order valence-corrected chi connectivity index (χ4v) is 4.20. The van der Waals surface area contributed by atoms with Crippen LogP contribution in [0.25, 0.3) is 10.9 Å². The van der Waals surface area contributed by atoms with Crippen LogP contribution in [0.15, 0.2) is 24.4 Å². The van der Waals surface area contributed by atoms with Gasteiger partial charge in [-0.1, -0.05) is 6.07 Å². The van der Waals surface area contributed by atoms with Crippen molar-refractivity contribution in [3.63, 3.8) is 0 Å². The lowest BCUT2D eigenvalue weighted by molar-refractivity contribution is 0.0683. The highest BCUT2D eigenvalue weighted by Crippen LogP contribution is 2.27. The zero-order chi connectivity index (χ0) is 20.0. The summed E-state index contributed by atoms with van der Waals surface area (Å²) in [7, 11) is 0. The molecular weight excluding hydrogens is 356 g/mol. The highest BCUT2D eigenvalue weighted by molar-refractivity contribution is 5.99. The van der Waals surface area contributed by atoms with Gasteiger partial charge >= 0.3 is 5.97 Å². The third kappa shape index (κ3) is 3.06. The summed E-state index contributed by atoms with van der Waals surface area (Å²) in [6.07, 6.45) is 2.92. The average Bonchev–Trinajstić information content (AvgIpc) is 3.25. The second-order valence-corrected chi connectivity index (χ2v) is 7.64. The largest absolute Gasteiger partial charge is 0.478 e. The van der Waals surface area contributed by atoms with Crippen molar-refractivity contribution in [3.05, 3.63) is 52.5 Å². The van der Waals surface area contributed by atoms with Gasteiger partial charge in [0.1, 0.15) is 11.3 Å². The lowest BCUT2D eigenvalue weighted by atomic mass is 10.0. The van der Waals surface area contributed by atoms with Crippen LogP contribution in [0, 0.1) is 20.8 Å². The van der Waals surface area contributed by atoms with Gasteiger partial charge in [-0.25, -0.2) is 4.79 Å². The molecule has 1 aliphatic rings. The SMILES string of the molecule is Cc1cc(C)c2cc(C(=O)N3CCC(n4ncc(C(=O)O)c4C)CC3)[nH]c2c1. The van der Waals surface area contributed by atoms with E-state index in [9.17, 15) is 14.7 Å². The Kier molecular flexibility index (Phi) is 4.45. The summed E-state index contributed by atoms with van der Waals surface area (Å²) in [4.78, 5) is 29.3. The van der Waals surface area contributed by atoms with Crippen LogP contribution in [0.3, 0.4) is 0 Å². The molecule has 0 bridgehead atoms. The van der Waals surface area contributed by atoms with Crippen molar-refractivity contribution in [2.45, 2.75) is 39.7 Å². The number of hydrogen-bond donors (Lipinski definition) is 2. The molecule has 3 heterocycles. The first-order chi connectivity index (χ1) is 13.3. The number of H-pyrrole nitrogens is 1. The molecule has 7 nitrogen and oxygen atoms in total. The minimum absolute atomic E-state index is 0.00937. The molecule has 28 heavy (non-hydrogen) atoms. The Labute approximate surface area is 163 Å². The number of rotatable bonds is 3. The van der Waals surface area contributed by atoms with E-state index in [-0.39, 0.29) is 17.5 Å². The number of aromatic carboxylic acids is 1. The van der Waals surface area contributed by atoms with Gasteiger partial charge in [-0.2, -0.15) is 5.10 Å². The molecule has 0 aliphatic carbocycles. The fourth-order valence-electron chi connectivity index (χ4n) is 4.20. The van der Waals surface area contributed by atoms with E-state index in [1.165, 1.54) is 11.8 Å². The van der Waals surface area contributed by atoms with E-state index in [0.717, 1.165) is 29.3 Å². The van der Waals surface area contributed by atoms with Gasteiger partial charge in [0.05, 0.1) is 17.9 Å². The predicted molar refractivity (Wildman–Crippen MR) is 106 cm³/mol. The summed E-state index contributed by atoms with van der Waals surface area (Å²) < 4.78 is 1.79. The summed E-state index contributed by atoms with van der Waals surface area (Å²) >= 11 is 0. The Bertz CT molecular complexity index is 1070. The average molecular weight is 380 g/mol. The summed E-state index contributed by atoms with van der Waals surface area (Å²) in [5, 5.41) is 14.5. The number of nitrogens with zero attached hydrogens (tertiary/aromatic N) is 3. The Morgan fingerprint density at radius 1 is 1.14 bits per heavy atom. The number of carbonyl (C=O) groups is 2. The van der Waals surface area contributed by atoms with Crippen molar-refractivity contribution < 1.29 is 14.7 Å². The number of nitrogens with one attached hydrogen (secondary N) is 1. The lowest BCUT2D eigenvalue weighted by Crippen LogP contribution is -2.39. The van der Waals surface area contributed by atoms with Gasteiger partial charge in [0.15, 0.2) is 0 Å². The number of piperidine rings is 1. The first kappa shape index (κ1) is 18.3. The molecule has 4 rings (SSSR count). The van der Waals surface area contributed by atoms with Gasteiger partial charge in [0, 0.05) is 24.0 Å². The number of fused-ring (bicyclic) bond motifs is 1. The number of aromatic amines is 1. The van der Waals surface area contributed by atoms with Gasteiger partial charge in [-0.15, -0.1) is 0 Å². The van der Waals surface area contributed by atoms with E-state index >= 15 is 0 Å². The number of carboxylic acids is 1. The molecule has 7 heteroatoms.